The van der Waals surface area contributed by atoms with Crippen LogP contribution in [0.25, 0.3) is 0 Å². The minimum Gasteiger partial charge on any atom is -0.469 e. The van der Waals surface area contributed by atoms with E-state index >= 15 is 0 Å². The molecule has 0 saturated heterocycles. The van der Waals surface area contributed by atoms with Crippen LogP contribution in [0.5, 0.6) is 0 Å². The summed E-state index contributed by atoms with van der Waals surface area (Å²) in [5.74, 6) is 1.99. The first-order chi connectivity index (χ1) is 10.3. The van der Waals surface area contributed by atoms with Crippen LogP contribution >= 0.6 is 0 Å². The van der Waals surface area contributed by atoms with Crippen LogP contribution in [-0.4, -0.2) is 13.1 Å². The Morgan fingerprint density at radius 1 is 0.857 bits per heavy atom. The number of methoxy groups -OCH3 is 1. The topological polar surface area (TPSA) is 26.3 Å². The predicted octanol–water partition coefficient (Wildman–Crippen LogP) is 5.89. The molecule has 0 atom stereocenters. The number of hydrogen-bond donors (Lipinski definition) is 0. The average molecular weight is 296 g/mol. The van der Waals surface area contributed by atoms with Crippen molar-refractivity contribution in [3.63, 3.8) is 0 Å². The first-order valence-corrected chi connectivity index (χ1v) is 9.33. The number of carbonyl (C=O) groups excluding carboxylic acids is 1. The maximum absolute atomic E-state index is 11.0. The molecule has 21 heavy (non-hydrogen) atoms. The zero-order valence-corrected chi connectivity index (χ0v) is 14.4. The normalized spacial score (nSPS) is 22.2. The predicted molar refractivity (Wildman–Crippen MR) is 89.3 cm³/mol. The van der Waals surface area contributed by atoms with Gasteiger partial charge in [0.2, 0.25) is 0 Å². The molecule has 0 N–H and O–H groups in total. The lowest BCUT2D eigenvalue weighted by Crippen LogP contribution is -2.14. The van der Waals surface area contributed by atoms with E-state index in [1.54, 1.807) is 0 Å². The fourth-order valence-corrected chi connectivity index (χ4v) is 3.64. The van der Waals surface area contributed by atoms with Gasteiger partial charge in [-0.15, -0.1) is 0 Å². The first kappa shape index (κ1) is 18.5. The quantitative estimate of drug-likeness (QED) is 0.351. The summed E-state index contributed by atoms with van der Waals surface area (Å²) in [7, 11) is 1.47. The Balaban J connectivity index is 1.89. The molecule has 0 unspecified atom stereocenters. The molecule has 1 rings (SSSR count). The van der Waals surface area contributed by atoms with E-state index in [-0.39, 0.29) is 5.97 Å². The van der Waals surface area contributed by atoms with Crippen molar-refractivity contribution in [2.75, 3.05) is 7.11 Å². The lowest BCUT2D eigenvalue weighted by atomic mass is 9.78. The second-order valence-corrected chi connectivity index (χ2v) is 6.91. The van der Waals surface area contributed by atoms with E-state index in [2.05, 4.69) is 11.7 Å². The molecule has 0 aromatic heterocycles. The van der Waals surface area contributed by atoms with Crippen LogP contribution < -0.4 is 0 Å². The van der Waals surface area contributed by atoms with E-state index in [0.29, 0.717) is 6.42 Å². The van der Waals surface area contributed by atoms with Crippen molar-refractivity contribution in [1.29, 1.82) is 0 Å². The molecule has 1 fully saturated rings. The number of hydrogen-bond acceptors (Lipinski definition) is 2. The highest BCUT2D eigenvalue weighted by atomic mass is 16.5. The lowest BCUT2D eigenvalue weighted by Gasteiger charge is -2.28. The van der Waals surface area contributed by atoms with Gasteiger partial charge in [-0.05, 0) is 18.3 Å². The van der Waals surface area contributed by atoms with Crippen LogP contribution in [0.15, 0.2) is 0 Å². The average Bonchev–Trinajstić information content (AvgIpc) is 2.52. The largest absolute Gasteiger partial charge is 0.469 e. The number of rotatable bonds is 11. The molecule has 2 heteroatoms. The summed E-state index contributed by atoms with van der Waals surface area (Å²) < 4.78 is 4.65. The maximum Gasteiger partial charge on any atom is 0.305 e. The zero-order valence-electron chi connectivity index (χ0n) is 14.4. The van der Waals surface area contributed by atoms with E-state index in [1.807, 2.05) is 0 Å². The molecular weight excluding hydrogens is 260 g/mol. The molecule has 2 nitrogen and oxygen atoms in total. The molecule has 0 radical (unpaired) electrons. The smallest absolute Gasteiger partial charge is 0.305 e. The van der Waals surface area contributed by atoms with Gasteiger partial charge in [-0.2, -0.15) is 0 Å². The van der Waals surface area contributed by atoms with Crippen LogP contribution in [-0.2, 0) is 9.53 Å². The summed E-state index contributed by atoms with van der Waals surface area (Å²) in [5, 5.41) is 0. The van der Waals surface area contributed by atoms with Crippen LogP contribution in [0.3, 0.4) is 0 Å². The number of carbonyl (C=O) groups is 1. The molecule has 0 aromatic carbocycles. The van der Waals surface area contributed by atoms with Gasteiger partial charge >= 0.3 is 5.97 Å². The van der Waals surface area contributed by atoms with Crippen LogP contribution in [0, 0.1) is 11.8 Å². The van der Waals surface area contributed by atoms with E-state index in [9.17, 15) is 4.79 Å². The first-order valence-electron chi connectivity index (χ1n) is 9.33. The van der Waals surface area contributed by atoms with Gasteiger partial charge in [0.1, 0.15) is 0 Å². The summed E-state index contributed by atoms with van der Waals surface area (Å²) in [6.45, 7) is 2.30. The SMILES string of the molecule is CCCCC1CCC(CCCCCCCC(=O)OC)CC1. The van der Waals surface area contributed by atoms with Crippen molar-refractivity contribution < 1.29 is 9.53 Å². The number of ether oxygens (including phenoxy) is 1. The molecule has 1 saturated carbocycles. The van der Waals surface area contributed by atoms with E-state index in [4.69, 9.17) is 0 Å². The second-order valence-electron chi connectivity index (χ2n) is 6.91. The summed E-state index contributed by atoms with van der Waals surface area (Å²) in [6.07, 6.45) is 18.4. The molecule has 0 bridgehead atoms. The van der Waals surface area contributed by atoms with Crippen molar-refractivity contribution >= 4 is 5.97 Å². The summed E-state index contributed by atoms with van der Waals surface area (Å²) in [4.78, 5) is 11.0. The van der Waals surface area contributed by atoms with E-state index in [0.717, 1.165) is 18.3 Å². The third-order valence-electron chi connectivity index (χ3n) is 5.15. The molecule has 0 aromatic rings. The third kappa shape index (κ3) is 9.16. The highest BCUT2D eigenvalue weighted by molar-refractivity contribution is 5.68. The minimum absolute atomic E-state index is 0.0603. The molecule has 0 spiro atoms. The van der Waals surface area contributed by atoms with Crippen molar-refractivity contribution in [3.8, 4) is 0 Å². The van der Waals surface area contributed by atoms with Gasteiger partial charge < -0.3 is 4.74 Å². The lowest BCUT2D eigenvalue weighted by molar-refractivity contribution is -0.140. The van der Waals surface area contributed by atoms with Gasteiger partial charge in [0.25, 0.3) is 0 Å². The Hall–Kier alpha value is -0.530. The monoisotopic (exact) mass is 296 g/mol. The van der Waals surface area contributed by atoms with Gasteiger partial charge in [0.05, 0.1) is 7.11 Å². The molecular formula is C19H36O2. The van der Waals surface area contributed by atoms with Gasteiger partial charge in [0, 0.05) is 6.42 Å². The van der Waals surface area contributed by atoms with Crippen molar-refractivity contribution in [1.82, 2.24) is 0 Å². The standard InChI is InChI=1S/C19H36O2/c1-3-4-10-17-13-15-18(16-14-17)11-8-6-5-7-9-12-19(20)21-2/h17-18H,3-16H2,1-2H3. The van der Waals surface area contributed by atoms with Gasteiger partial charge in [0.15, 0.2) is 0 Å². The van der Waals surface area contributed by atoms with Crippen LogP contribution in [0.1, 0.15) is 96.8 Å². The summed E-state index contributed by atoms with van der Waals surface area (Å²) >= 11 is 0. The Morgan fingerprint density at radius 2 is 1.38 bits per heavy atom. The Bertz CT molecular complexity index is 254. The van der Waals surface area contributed by atoms with Crippen molar-refractivity contribution in [2.24, 2.45) is 11.8 Å². The zero-order chi connectivity index (χ0) is 15.3. The molecule has 0 aliphatic heterocycles. The van der Waals surface area contributed by atoms with Gasteiger partial charge in [-0.3, -0.25) is 4.79 Å². The fourth-order valence-electron chi connectivity index (χ4n) is 3.64. The maximum atomic E-state index is 11.0. The summed E-state index contributed by atoms with van der Waals surface area (Å²) in [6, 6.07) is 0. The molecule has 1 aliphatic carbocycles. The van der Waals surface area contributed by atoms with Gasteiger partial charge in [-0.1, -0.05) is 84.0 Å². The highest BCUT2D eigenvalue weighted by Gasteiger charge is 2.20. The minimum atomic E-state index is -0.0603. The Morgan fingerprint density at radius 3 is 1.95 bits per heavy atom. The van der Waals surface area contributed by atoms with E-state index in [1.165, 1.54) is 84.2 Å². The highest BCUT2D eigenvalue weighted by Crippen LogP contribution is 2.34. The molecule has 0 heterocycles. The third-order valence-corrected chi connectivity index (χ3v) is 5.15. The Kier molecular flexibility index (Phi) is 10.6. The summed E-state index contributed by atoms with van der Waals surface area (Å²) in [5.41, 5.74) is 0. The molecule has 124 valence electrons. The van der Waals surface area contributed by atoms with Crippen molar-refractivity contribution in [3.05, 3.63) is 0 Å². The second kappa shape index (κ2) is 12.1. The molecule has 0 amide bonds. The van der Waals surface area contributed by atoms with Crippen LogP contribution in [0.4, 0.5) is 0 Å². The number of esters is 1. The Labute approximate surface area is 132 Å². The van der Waals surface area contributed by atoms with Crippen LogP contribution in [0.2, 0.25) is 0 Å². The van der Waals surface area contributed by atoms with E-state index < -0.39 is 0 Å². The fraction of sp³-hybridized carbons (Fsp3) is 0.947. The van der Waals surface area contributed by atoms with Crippen molar-refractivity contribution in [2.45, 2.75) is 96.8 Å². The number of unbranched alkanes of at least 4 members (excludes halogenated alkanes) is 5. The van der Waals surface area contributed by atoms with Gasteiger partial charge in [-0.25, -0.2) is 0 Å². The molecule has 1 aliphatic rings.